The number of amides is 2. The summed E-state index contributed by atoms with van der Waals surface area (Å²) in [6.07, 6.45) is 0.227. The van der Waals surface area contributed by atoms with Gasteiger partial charge in [0.05, 0.1) is 37.2 Å². The van der Waals surface area contributed by atoms with E-state index in [1.165, 1.54) is 21.0 Å². The molecule has 2 fully saturated rings. The van der Waals surface area contributed by atoms with Crippen molar-refractivity contribution in [3.63, 3.8) is 0 Å². The first-order chi connectivity index (χ1) is 15.6. The largest absolute Gasteiger partial charge is 0.469 e. The quantitative estimate of drug-likeness (QED) is 0.643. The van der Waals surface area contributed by atoms with Gasteiger partial charge in [0.1, 0.15) is 5.78 Å². The van der Waals surface area contributed by atoms with E-state index in [2.05, 4.69) is 0 Å². The van der Waals surface area contributed by atoms with Crippen LogP contribution in [-0.4, -0.2) is 67.9 Å². The number of anilines is 1. The van der Waals surface area contributed by atoms with Crippen LogP contribution in [0, 0.1) is 17.8 Å². The number of carbonyl (C=O) groups excluding carboxylic acids is 4. The molecule has 8 nitrogen and oxygen atoms in total. The van der Waals surface area contributed by atoms with Crippen LogP contribution in [-0.2, 0) is 34.1 Å². The molecule has 0 aromatic heterocycles. The van der Waals surface area contributed by atoms with E-state index >= 15 is 0 Å². The molecule has 1 aromatic carbocycles. The molecule has 1 saturated carbocycles. The minimum atomic E-state index is -0.961. The second-order valence-electron chi connectivity index (χ2n) is 9.56. The maximum Gasteiger partial charge on any atom is 0.311 e. The van der Waals surface area contributed by atoms with Crippen LogP contribution in [0.4, 0.5) is 5.69 Å². The van der Waals surface area contributed by atoms with Crippen molar-refractivity contribution in [2.75, 3.05) is 32.2 Å². The molecule has 3 aliphatic rings. The molecule has 8 heteroatoms. The number of hydrogen-bond donors (Lipinski definition) is 0. The first kappa shape index (κ1) is 23.4. The first-order valence-corrected chi connectivity index (χ1v) is 11.5. The highest BCUT2D eigenvalue weighted by Crippen LogP contribution is 2.58. The average molecular weight is 457 g/mol. The molecular weight excluding hydrogens is 424 g/mol. The van der Waals surface area contributed by atoms with Gasteiger partial charge >= 0.3 is 5.97 Å². The van der Waals surface area contributed by atoms with Crippen LogP contribution in [0.25, 0.3) is 0 Å². The van der Waals surface area contributed by atoms with Gasteiger partial charge in [0.25, 0.3) is 0 Å². The Kier molecular flexibility index (Phi) is 6.07. The fraction of sp³-hybridized carbons (Fsp3) is 0.600. The van der Waals surface area contributed by atoms with Crippen molar-refractivity contribution in [3.8, 4) is 0 Å². The minimum absolute atomic E-state index is 0.00454. The van der Waals surface area contributed by atoms with E-state index in [4.69, 9.17) is 9.47 Å². The van der Waals surface area contributed by atoms with Crippen molar-refractivity contribution < 1.29 is 28.7 Å². The van der Waals surface area contributed by atoms with Crippen LogP contribution >= 0.6 is 0 Å². The molecule has 4 unspecified atom stereocenters. The Bertz CT molecular complexity index is 993. The molecule has 4 rings (SSSR count). The van der Waals surface area contributed by atoms with Gasteiger partial charge < -0.3 is 19.3 Å². The van der Waals surface area contributed by atoms with Gasteiger partial charge in [-0.15, -0.1) is 0 Å². The third-order valence-electron chi connectivity index (χ3n) is 8.01. The highest BCUT2D eigenvalue weighted by atomic mass is 16.5. The SMILES string of the molecule is COC(=O)[C@@H]1C2CC(=O)C3(CCN(C)C(C)=O)c4ccccc4N(C(C)=O)C3C2CO[C@@H]1C. The van der Waals surface area contributed by atoms with Crippen LogP contribution in [0.5, 0.6) is 0 Å². The van der Waals surface area contributed by atoms with Gasteiger partial charge in [0.2, 0.25) is 11.8 Å². The number of fused-ring (bicyclic) bond motifs is 5. The van der Waals surface area contributed by atoms with Crippen molar-refractivity contribution in [3.05, 3.63) is 29.8 Å². The molecule has 1 aromatic rings. The summed E-state index contributed by atoms with van der Waals surface area (Å²) in [5.41, 5.74) is 0.583. The van der Waals surface area contributed by atoms with E-state index in [1.807, 2.05) is 31.2 Å². The third kappa shape index (κ3) is 3.46. The van der Waals surface area contributed by atoms with E-state index in [1.54, 1.807) is 16.8 Å². The topological polar surface area (TPSA) is 93.2 Å². The maximum atomic E-state index is 14.1. The van der Waals surface area contributed by atoms with Crippen molar-refractivity contribution in [1.82, 2.24) is 4.90 Å². The third-order valence-corrected chi connectivity index (χ3v) is 8.01. The number of ketones is 1. The van der Waals surface area contributed by atoms with E-state index in [9.17, 15) is 19.2 Å². The predicted octanol–water partition coefficient (Wildman–Crippen LogP) is 1.94. The normalized spacial score (nSPS) is 32.5. The number of Topliss-reactive ketones (excluding diaryl/α,β-unsaturated/α-hetero) is 1. The van der Waals surface area contributed by atoms with Gasteiger partial charge in [-0.25, -0.2) is 0 Å². The molecule has 0 bridgehead atoms. The average Bonchev–Trinajstić information content (AvgIpc) is 3.09. The monoisotopic (exact) mass is 456 g/mol. The molecule has 6 atom stereocenters. The van der Waals surface area contributed by atoms with Crippen molar-refractivity contribution in [2.45, 2.75) is 51.2 Å². The number of nitrogens with zero attached hydrogens (tertiary/aromatic N) is 2. The zero-order chi connectivity index (χ0) is 24.1. The Morgan fingerprint density at radius 1 is 1.21 bits per heavy atom. The van der Waals surface area contributed by atoms with Crippen LogP contribution in [0.1, 0.15) is 39.2 Å². The Balaban J connectivity index is 1.86. The molecule has 0 spiro atoms. The van der Waals surface area contributed by atoms with E-state index in [0.29, 0.717) is 19.6 Å². The molecule has 1 aliphatic carbocycles. The minimum Gasteiger partial charge on any atom is -0.469 e. The van der Waals surface area contributed by atoms with Gasteiger partial charge in [0.15, 0.2) is 0 Å². The van der Waals surface area contributed by atoms with Gasteiger partial charge in [0, 0.05) is 45.5 Å². The summed E-state index contributed by atoms with van der Waals surface area (Å²) in [6.45, 7) is 5.56. The number of methoxy groups -OCH3 is 1. The van der Waals surface area contributed by atoms with Gasteiger partial charge in [-0.05, 0) is 30.9 Å². The Labute approximate surface area is 194 Å². The maximum absolute atomic E-state index is 14.1. The van der Waals surface area contributed by atoms with Gasteiger partial charge in [-0.3, -0.25) is 19.2 Å². The fourth-order valence-corrected chi connectivity index (χ4v) is 6.36. The highest BCUT2D eigenvalue weighted by molar-refractivity contribution is 6.04. The molecule has 2 amide bonds. The summed E-state index contributed by atoms with van der Waals surface area (Å²) in [7, 11) is 3.06. The molecule has 2 aliphatic heterocycles. The number of para-hydroxylation sites is 1. The molecule has 0 N–H and O–H groups in total. The lowest BCUT2D eigenvalue weighted by Gasteiger charge is -2.53. The zero-order valence-corrected chi connectivity index (χ0v) is 19.9. The van der Waals surface area contributed by atoms with E-state index < -0.39 is 23.3 Å². The standard InChI is InChI=1S/C25H32N2O6/c1-14-22(24(31)32-5)17-12-21(30)25(10-11-26(4)15(2)28)19-8-6-7-9-20(19)27(16(3)29)23(25)18(17)13-33-14/h6-9,14,17-18,22-23H,10-13H2,1-5H3/t14-,17?,18?,22+,23?,25?/m1/s1. The van der Waals surface area contributed by atoms with Crippen molar-refractivity contribution in [1.29, 1.82) is 0 Å². The van der Waals surface area contributed by atoms with Crippen LogP contribution in [0.15, 0.2) is 24.3 Å². The second kappa shape index (κ2) is 8.56. The lowest BCUT2D eigenvalue weighted by atomic mass is 9.55. The van der Waals surface area contributed by atoms with Crippen molar-refractivity contribution >= 4 is 29.3 Å². The van der Waals surface area contributed by atoms with Gasteiger partial charge in [-0.1, -0.05) is 18.2 Å². The summed E-state index contributed by atoms with van der Waals surface area (Å²) in [5, 5.41) is 0. The summed E-state index contributed by atoms with van der Waals surface area (Å²) >= 11 is 0. The predicted molar refractivity (Wildman–Crippen MR) is 121 cm³/mol. The zero-order valence-electron chi connectivity index (χ0n) is 19.9. The Morgan fingerprint density at radius 2 is 1.91 bits per heavy atom. The molecule has 2 heterocycles. The number of carbonyl (C=O) groups is 4. The molecule has 0 radical (unpaired) electrons. The highest BCUT2D eigenvalue weighted by Gasteiger charge is 2.65. The van der Waals surface area contributed by atoms with Crippen molar-refractivity contribution in [2.24, 2.45) is 17.8 Å². The summed E-state index contributed by atoms with van der Waals surface area (Å²) in [6, 6.07) is 7.05. The summed E-state index contributed by atoms with van der Waals surface area (Å²) in [4.78, 5) is 55.0. The smallest absolute Gasteiger partial charge is 0.311 e. The van der Waals surface area contributed by atoms with Crippen LogP contribution < -0.4 is 4.90 Å². The summed E-state index contributed by atoms with van der Waals surface area (Å²) in [5.74, 6) is -1.71. The Morgan fingerprint density at radius 3 is 2.55 bits per heavy atom. The second-order valence-corrected chi connectivity index (χ2v) is 9.56. The number of hydrogen-bond acceptors (Lipinski definition) is 6. The van der Waals surface area contributed by atoms with Crippen LogP contribution in [0.3, 0.4) is 0 Å². The number of ether oxygens (including phenoxy) is 2. The Hall–Kier alpha value is -2.74. The lowest BCUT2D eigenvalue weighted by Crippen LogP contribution is -2.65. The molecule has 178 valence electrons. The lowest BCUT2D eigenvalue weighted by molar-refractivity contribution is -0.172. The number of esters is 1. The fourth-order valence-electron chi connectivity index (χ4n) is 6.36. The van der Waals surface area contributed by atoms with Crippen LogP contribution in [0.2, 0.25) is 0 Å². The van der Waals surface area contributed by atoms with E-state index in [-0.39, 0.29) is 42.0 Å². The first-order valence-electron chi connectivity index (χ1n) is 11.5. The van der Waals surface area contributed by atoms with Gasteiger partial charge in [-0.2, -0.15) is 0 Å². The molecule has 33 heavy (non-hydrogen) atoms. The number of rotatable bonds is 4. The molecule has 1 saturated heterocycles. The number of benzene rings is 1. The van der Waals surface area contributed by atoms with E-state index in [0.717, 1.165) is 11.3 Å². The summed E-state index contributed by atoms with van der Waals surface area (Å²) < 4.78 is 11.1. The molecular formula is C25H32N2O6.